The second-order valence-corrected chi connectivity index (χ2v) is 4.57. The van der Waals surface area contributed by atoms with Crippen molar-refractivity contribution < 1.29 is 19.1 Å². The van der Waals surface area contributed by atoms with E-state index in [2.05, 4.69) is 0 Å². The predicted molar refractivity (Wildman–Crippen MR) is 47.4 cm³/mol. The summed E-state index contributed by atoms with van der Waals surface area (Å²) in [5.74, 6) is -2.04. The number of nitrogens with two attached hydrogens (primary N) is 1. The monoisotopic (exact) mass is 220 g/mol. The van der Waals surface area contributed by atoms with E-state index < -0.39 is 17.7 Å². The number of carbonyl (C=O) groups is 2. The average molecular weight is 220 g/mol. The maximum absolute atomic E-state index is 13.6. The summed E-state index contributed by atoms with van der Waals surface area (Å²) < 4.78 is 13.6. The number of nitrogens with zero attached hydrogens (tertiary/aromatic N) is 1. The van der Waals surface area contributed by atoms with Crippen LogP contribution in [0.2, 0.25) is 0 Å². The number of carbonyl (C=O) groups excluding carboxylic acids is 1. The molecule has 2 fully saturated rings. The number of carboxylic acids is 1. The molecule has 2 aliphatic heterocycles. The van der Waals surface area contributed by atoms with E-state index in [0.717, 1.165) is 11.8 Å². The van der Waals surface area contributed by atoms with Crippen molar-refractivity contribution >= 4 is 23.6 Å². The first-order valence-electron chi connectivity index (χ1n) is 4.06. The number of carboxylic acid groups (broad SMARTS) is 1. The Hall–Kier alpha value is -0.820. The summed E-state index contributed by atoms with van der Waals surface area (Å²) in [6.45, 7) is -0.382. The summed E-state index contributed by atoms with van der Waals surface area (Å²) in [7, 11) is 0. The summed E-state index contributed by atoms with van der Waals surface area (Å²) in [4.78, 5) is 22.9. The molecule has 0 spiro atoms. The number of hydrogen-bond acceptors (Lipinski definition) is 4. The highest BCUT2D eigenvalue weighted by Crippen LogP contribution is 2.38. The molecule has 2 saturated heterocycles. The minimum absolute atomic E-state index is 0.148. The number of alkyl halides is 1. The highest BCUT2D eigenvalue weighted by Gasteiger charge is 2.56. The van der Waals surface area contributed by atoms with Crippen LogP contribution in [-0.2, 0) is 9.59 Å². The van der Waals surface area contributed by atoms with Crippen molar-refractivity contribution in [2.75, 3.05) is 12.3 Å². The van der Waals surface area contributed by atoms with Crippen LogP contribution in [0.1, 0.15) is 0 Å². The van der Waals surface area contributed by atoms with Gasteiger partial charge in [-0.1, -0.05) is 0 Å². The van der Waals surface area contributed by atoms with Crippen LogP contribution in [0, 0.1) is 0 Å². The Labute approximate surface area is 83.4 Å². The van der Waals surface area contributed by atoms with Gasteiger partial charge in [-0.2, -0.15) is 0 Å². The van der Waals surface area contributed by atoms with Gasteiger partial charge in [-0.05, 0) is 0 Å². The van der Waals surface area contributed by atoms with Crippen LogP contribution in [0.5, 0.6) is 0 Å². The topological polar surface area (TPSA) is 83.6 Å². The van der Waals surface area contributed by atoms with Gasteiger partial charge in [-0.25, -0.2) is 9.18 Å². The molecule has 2 heterocycles. The fourth-order valence-electron chi connectivity index (χ4n) is 1.57. The molecule has 0 aliphatic carbocycles. The fraction of sp³-hybridized carbons (Fsp3) is 0.714. The Bertz CT molecular complexity index is 313. The van der Waals surface area contributed by atoms with Gasteiger partial charge >= 0.3 is 5.97 Å². The lowest BCUT2D eigenvalue weighted by Gasteiger charge is -2.50. The zero-order valence-electron chi connectivity index (χ0n) is 7.14. The van der Waals surface area contributed by atoms with Crippen molar-refractivity contribution in [3.63, 3.8) is 0 Å². The Balaban J connectivity index is 2.12. The molecule has 2 aliphatic rings. The number of aliphatic carboxylic acids is 1. The third-order valence-electron chi connectivity index (χ3n) is 2.47. The van der Waals surface area contributed by atoms with Gasteiger partial charge in [0, 0.05) is 5.75 Å². The molecule has 2 unspecified atom stereocenters. The van der Waals surface area contributed by atoms with Crippen molar-refractivity contribution in [2.24, 2.45) is 5.73 Å². The number of hydrogen-bond donors (Lipinski definition) is 2. The van der Waals surface area contributed by atoms with Crippen molar-refractivity contribution in [1.29, 1.82) is 0 Å². The third kappa shape index (κ3) is 1.12. The van der Waals surface area contributed by atoms with Gasteiger partial charge < -0.3 is 15.7 Å². The van der Waals surface area contributed by atoms with E-state index in [9.17, 15) is 14.0 Å². The molecule has 7 heteroatoms. The molecule has 5 nitrogen and oxygen atoms in total. The number of fused-ring (bicyclic) bond motifs is 1. The highest BCUT2D eigenvalue weighted by molar-refractivity contribution is 8.00. The smallest absolute Gasteiger partial charge is 0.344 e. The zero-order chi connectivity index (χ0) is 10.5. The van der Waals surface area contributed by atoms with Gasteiger partial charge in [-0.15, -0.1) is 11.8 Å². The van der Waals surface area contributed by atoms with E-state index >= 15 is 0 Å². The molecule has 3 N–H and O–H groups in total. The first kappa shape index (κ1) is 9.72. The molecule has 14 heavy (non-hydrogen) atoms. The van der Waals surface area contributed by atoms with Crippen molar-refractivity contribution in [1.82, 2.24) is 4.90 Å². The highest BCUT2D eigenvalue weighted by atomic mass is 32.2. The van der Waals surface area contributed by atoms with Gasteiger partial charge in [0.25, 0.3) is 0 Å². The molecule has 0 bridgehead atoms. The third-order valence-corrected chi connectivity index (χ3v) is 3.98. The zero-order valence-corrected chi connectivity index (χ0v) is 7.96. The average Bonchev–Trinajstić information content (AvgIpc) is 2.16. The van der Waals surface area contributed by atoms with E-state index in [0.29, 0.717) is 0 Å². The molecule has 78 valence electrons. The van der Waals surface area contributed by atoms with Crippen LogP contribution >= 0.6 is 11.8 Å². The minimum Gasteiger partial charge on any atom is -0.479 e. The second kappa shape index (κ2) is 2.83. The molecule has 1 amide bonds. The lowest BCUT2D eigenvalue weighted by molar-refractivity contribution is -0.158. The van der Waals surface area contributed by atoms with Gasteiger partial charge in [-0.3, -0.25) is 4.79 Å². The largest absolute Gasteiger partial charge is 0.479 e. The number of thioether (sulfide) groups is 1. The molecule has 0 radical (unpaired) electrons. The number of halogens is 1. The maximum Gasteiger partial charge on any atom is 0.344 e. The fourth-order valence-corrected chi connectivity index (χ4v) is 2.91. The Morgan fingerprint density at radius 1 is 1.79 bits per heavy atom. The standard InChI is InChI=1S/C7H9FN2O3S/c8-7(6(12)13)1-10-4(11)3(9)5(10)14-2-7/h3,5H,1-2,9H2,(H,12,13)/t3?,5-,7?/m1/s1. The number of β-lactam (4-membered cyclic amide) rings is 1. The van der Waals surface area contributed by atoms with Gasteiger partial charge in [0.15, 0.2) is 0 Å². The predicted octanol–water partition coefficient (Wildman–Crippen LogP) is -0.978. The minimum atomic E-state index is -2.32. The Morgan fingerprint density at radius 3 is 3.00 bits per heavy atom. The van der Waals surface area contributed by atoms with E-state index in [4.69, 9.17) is 10.8 Å². The van der Waals surface area contributed by atoms with Crippen LogP contribution in [0.3, 0.4) is 0 Å². The van der Waals surface area contributed by atoms with Gasteiger partial charge in [0.2, 0.25) is 11.6 Å². The van der Waals surface area contributed by atoms with E-state index in [1.807, 2.05) is 0 Å². The van der Waals surface area contributed by atoms with E-state index in [-0.39, 0.29) is 23.6 Å². The first-order chi connectivity index (χ1) is 6.46. The second-order valence-electron chi connectivity index (χ2n) is 3.46. The first-order valence-corrected chi connectivity index (χ1v) is 5.10. The summed E-state index contributed by atoms with van der Waals surface area (Å²) in [6, 6.07) is -0.599. The summed E-state index contributed by atoms with van der Waals surface area (Å²) in [6.07, 6.45) is 0. The number of rotatable bonds is 1. The molecule has 3 atom stereocenters. The lowest BCUT2D eigenvalue weighted by Crippen LogP contribution is -2.72. The Morgan fingerprint density at radius 2 is 2.43 bits per heavy atom. The molecule has 0 aromatic carbocycles. The molecular weight excluding hydrogens is 211 g/mol. The van der Waals surface area contributed by atoms with Crippen molar-refractivity contribution in [3.05, 3.63) is 0 Å². The molecule has 0 aromatic heterocycles. The Kier molecular flexibility index (Phi) is 1.97. The lowest BCUT2D eigenvalue weighted by atomic mass is 10.0. The molecule has 2 rings (SSSR count). The quantitative estimate of drug-likeness (QED) is 0.555. The summed E-state index contributed by atoms with van der Waals surface area (Å²) in [5.41, 5.74) is 3.14. The van der Waals surface area contributed by atoms with Crippen molar-refractivity contribution in [3.8, 4) is 0 Å². The molecular formula is C7H9FN2O3S. The van der Waals surface area contributed by atoms with Crippen LogP contribution in [0.15, 0.2) is 0 Å². The van der Waals surface area contributed by atoms with Gasteiger partial charge in [0.1, 0.15) is 11.4 Å². The van der Waals surface area contributed by atoms with Crippen molar-refractivity contribution in [2.45, 2.75) is 17.1 Å². The molecule has 0 aromatic rings. The summed E-state index contributed by atoms with van der Waals surface area (Å²) >= 11 is 1.08. The van der Waals surface area contributed by atoms with Crippen LogP contribution in [0.25, 0.3) is 0 Å². The van der Waals surface area contributed by atoms with Gasteiger partial charge in [0.05, 0.1) is 6.54 Å². The normalized spacial score (nSPS) is 41.6. The number of amides is 1. The summed E-state index contributed by atoms with van der Waals surface area (Å²) in [5, 5.41) is 8.38. The SMILES string of the molecule is NC1C(=O)N2CC(F)(C(=O)O)CS[C@H]12. The maximum atomic E-state index is 13.6. The van der Waals surface area contributed by atoms with E-state index in [1.165, 1.54) is 4.90 Å². The van der Waals surface area contributed by atoms with E-state index in [1.54, 1.807) is 0 Å². The van der Waals surface area contributed by atoms with Crippen LogP contribution in [-0.4, -0.2) is 51.3 Å². The van der Waals surface area contributed by atoms with Crippen LogP contribution in [0.4, 0.5) is 4.39 Å². The van der Waals surface area contributed by atoms with Crippen LogP contribution < -0.4 is 5.73 Å². The molecule has 0 saturated carbocycles.